The van der Waals surface area contributed by atoms with Crippen molar-refractivity contribution in [2.45, 2.75) is 32.7 Å². The molecule has 0 aliphatic carbocycles. The second-order valence-electron chi connectivity index (χ2n) is 4.73. The molecule has 0 radical (unpaired) electrons. The van der Waals surface area contributed by atoms with E-state index in [0.29, 0.717) is 36.6 Å². The zero-order valence-electron chi connectivity index (χ0n) is 11.2. The van der Waals surface area contributed by atoms with Crippen LogP contribution in [0.25, 0.3) is 0 Å². The molecule has 1 aromatic rings. The minimum Gasteiger partial charge on any atom is -0.343 e. The van der Waals surface area contributed by atoms with Gasteiger partial charge in [-0.25, -0.2) is 0 Å². The highest BCUT2D eigenvalue weighted by Gasteiger charge is 2.28. The fraction of sp³-hybridized carbons (Fsp3) is 0.571. The van der Waals surface area contributed by atoms with Gasteiger partial charge in [-0.2, -0.15) is 0 Å². The Morgan fingerprint density at radius 3 is 2.79 bits per heavy atom. The Labute approximate surface area is 118 Å². The summed E-state index contributed by atoms with van der Waals surface area (Å²) in [6, 6.07) is 1.77. The number of amides is 1. The molecule has 1 aliphatic heterocycles. The Kier molecular flexibility index (Phi) is 4.64. The summed E-state index contributed by atoms with van der Waals surface area (Å²) in [4.78, 5) is 26.2. The lowest BCUT2D eigenvalue weighted by molar-refractivity contribution is 0.0757. The predicted molar refractivity (Wildman–Crippen MR) is 74.9 cm³/mol. The lowest BCUT2D eigenvalue weighted by atomic mass is 10.1. The van der Waals surface area contributed by atoms with Crippen molar-refractivity contribution in [3.63, 3.8) is 0 Å². The second-order valence-corrected chi connectivity index (χ2v) is 5.10. The highest BCUT2D eigenvalue weighted by molar-refractivity contribution is 6.17. The molecule has 1 aromatic heterocycles. The van der Waals surface area contributed by atoms with Gasteiger partial charge in [0.1, 0.15) is 5.69 Å². The number of fused-ring (bicyclic) bond motifs is 1. The van der Waals surface area contributed by atoms with Gasteiger partial charge in [0.25, 0.3) is 5.91 Å². The number of carbonyl (C=O) groups excluding carboxylic acids is 2. The maximum Gasteiger partial charge on any atom is 0.271 e. The predicted octanol–water partition coefficient (Wildman–Crippen LogP) is 2.56. The quantitative estimate of drug-likeness (QED) is 0.615. The van der Waals surface area contributed by atoms with E-state index in [1.807, 2.05) is 17.7 Å². The van der Waals surface area contributed by atoms with E-state index in [0.717, 1.165) is 19.4 Å². The molecule has 5 heteroatoms. The van der Waals surface area contributed by atoms with Crippen molar-refractivity contribution in [2.24, 2.45) is 0 Å². The average molecular weight is 283 g/mol. The minimum absolute atomic E-state index is 0.0285. The number of hydrogen-bond donors (Lipinski definition) is 0. The summed E-state index contributed by atoms with van der Waals surface area (Å²) in [7, 11) is 0. The first-order valence-corrected chi connectivity index (χ1v) is 7.30. The standard InChI is InChI=1S/C14H19ClN2O2/c1-2-16-10-6-12(18)11-5-9-17(8-4-3-7-15)13(11)14(16)19/h5,9H,2-4,6-8,10H2,1H3. The van der Waals surface area contributed by atoms with Crippen LogP contribution in [0.15, 0.2) is 12.3 Å². The molecule has 104 valence electrons. The number of alkyl halides is 1. The van der Waals surface area contributed by atoms with Crippen molar-refractivity contribution >= 4 is 23.3 Å². The number of aromatic nitrogens is 1. The van der Waals surface area contributed by atoms with Gasteiger partial charge < -0.3 is 9.47 Å². The number of aryl methyl sites for hydroxylation is 1. The monoisotopic (exact) mass is 282 g/mol. The molecule has 0 atom stereocenters. The Bertz CT molecular complexity index is 482. The van der Waals surface area contributed by atoms with Crippen LogP contribution >= 0.6 is 11.6 Å². The fourth-order valence-electron chi connectivity index (χ4n) is 2.42. The van der Waals surface area contributed by atoms with Crippen molar-refractivity contribution in [3.8, 4) is 0 Å². The molecule has 0 saturated carbocycles. The topological polar surface area (TPSA) is 42.3 Å². The van der Waals surface area contributed by atoms with E-state index in [4.69, 9.17) is 11.6 Å². The molecule has 4 nitrogen and oxygen atoms in total. The highest BCUT2D eigenvalue weighted by Crippen LogP contribution is 2.20. The molecular formula is C14H19ClN2O2. The summed E-state index contributed by atoms with van der Waals surface area (Å²) in [6.07, 6.45) is 4.08. The lowest BCUT2D eigenvalue weighted by Crippen LogP contribution is -2.32. The van der Waals surface area contributed by atoms with Gasteiger partial charge in [0.05, 0.1) is 0 Å². The molecule has 0 bridgehead atoms. The summed E-state index contributed by atoms with van der Waals surface area (Å²) in [5, 5.41) is 0. The molecule has 1 amide bonds. The van der Waals surface area contributed by atoms with Crippen molar-refractivity contribution in [1.82, 2.24) is 9.47 Å². The fourth-order valence-corrected chi connectivity index (χ4v) is 2.61. The number of rotatable bonds is 5. The second kappa shape index (κ2) is 6.24. The lowest BCUT2D eigenvalue weighted by Gasteiger charge is -2.19. The third-order valence-corrected chi connectivity index (χ3v) is 3.79. The van der Waals surface area contributed by atoms with E-state index in [1.165, 1.54) is 0 Å². The van der Waals surface area contributed by atoms with E-state index in [-0.39, 0.29) is 11.7 Å². The zero-order valence-corrected chi connectivity index (χ0v) is 11.9. The van der Waals surface area contributed by atoms with Crippen LogP contribution in [0.3, 0.4) is 0 Å². The van der Waals surface area contributed by atoms with Gasteiger partial charge in [0, 0.05) is 43.7 Å². The number of hydrogen-bond acceptors (Lipinski definition) is 2. The molecule has 0 unspecified atom stereocenters. The molecular weight excluding hydrogens is 264 g/mol. The van der Waals surface area contributed by atoms with E-state index in [1.54, 1.807) is 11.0 Å². The Balaban J connectivity index is 2.30. The number of Topliss-reactive ketones (excluding diaryl/α,β-unsaturated/α-hetero) is 1. The first-order valence-electron chi connectivity index (χ1n) is 6.76. The summed E-state index contributed by atoms with van der Waals surface area (Å²) < 4.78 is 1.90. The van der Waals surface area contributed by atoms with Crippen molar-refractivity contribution in [2.75, 3.05) is 19.0 Å². The maximum atomic E-state index is 12.5. The van der Waals surface area contributed by atoms with Gasteiger partial charge in [0.15, 0.2) is 5.78 Å². The molecule has 1 aliphatic rings. The smallest absolute Gasteiger partial charge is 0.271 e. The van der Waals surface area contributed by atoms with E-state index in [2.05, 4.69) is 0 Å². The summed E-state index contributed by atoms with van der Waals surface area (Å²) in [5.74, 6) is 0.659. The molecule has 19 heavy (non-hydrogen) atoms. The molecule has 2 rings (SSSR count). The van der Waals surface area contributed by atoms with Crippen molar-refractivity contribution in [3.05, 3.63) is 23.5 Å². The average Bonchev–Trinajstić information content (AvgIpc) is 2.78. The third kappa shape index (κ3) is 2.84. The van der Waals surface area contributed by atoms with Gasteiger partial charge in [-0.05, 0) is 25.8 Å². The number of ketones is 1. The third-order valence-electron chi connectivity index (χ3n) is 3.53. The van der Waals surface area contributed by atoms with E-state index in [9.17, 15) is 9.59 Å². The molecule has 0 fully saturated rings. The van der Waals surface area contributed by atoms with E-state index >= 15 is 0 Å². The van der Waals surface area contributed by atoms with Crippen LogP contribution in [0.4, 0.5) is 0 Å². The van der Waals surface area contributed by atoms with Gasteiger partial charge >= 0.3 is 0 Å². The van der Waals surface area contributed by atoms with Crippen molar-refractivity contribution in [1.29, 1.82) is 0 Å². The van der Waals surface area contributed by atoms with Crippen LogP contribution in [-0.2, 0) is 6.54 Å². The van der Waals surface area contributed by atoms with Crippen molar-refractivity contribution < 1.29 is 9.59 Å². The van der Waals surface area contributed by atoms with Gasteiger partial charge in [-0.1, -0.05) is 0 Å². The Morgan fingerprint density at radius 2 is 2.11 bits per heavy atom. The summed E-state index contributed by atoms with van der Waals surface area (Å²) >= 11 is 5.67. The van der Waals surface area contributed by atoms with E-state index < -0.39 is 0 Å². The van der Waals surface area contributed by atoms with Crippen LogP contribution in [0, 0.1) is 0 Å². The number of carbonyl (C=O) groups is 2. The first kappa shape index (κ1) is 14.1. The molecule has 0 N–H and O–H groups in total. The summed E-state index contributed by atoms with van der Waals surface area (Å²) in [5.41, 5.74) is 1.13. The molecule has 0 spiro atoms. The SMILES string of the molecule is CCN1CCC(=O)c2ccn(CCCCCl)c2C1=O. The largest absolute Gasteiger partial charge is 0.343 e. The van der Waals surface area contributed by atoms with Crippen LogP contribution in [0.2, 0.25) is 0 Å². The highest BCUT2D eigenvalue weighted by atomic mass is 35.5. The number of nitrogens with zero attached hydrogens (tertiary/aromatic N) is 2. The van der Waals surface area contributed by atoms with Gasteiger partial charge in [-0.3, -0.25) is 9.59 Å². The Morgan fingerprint density at radius 1 is 1.32 bits per heavy atom. The first-order chi connectivity index (χ1) is 9.19. The zero-order chi connectivity index (χ0) is 13.8. The Hall–Kier alpha value is -1.29. The van der Waals surface area contributed by atoms with Crippen LogP contribution < -0.4 is 0 Å². The maximum absolute atomic E-state index is 12.5. The molecule has 2 heterocycles. The van der Waals surface area contributed by atoms with Crippen LogP contribution in [0.1, 0.15) is 47.0 Å². The molecule has 0 saturated heterocycles. The van der Waals surface area contributed by atoms with Crippen LogP contribution in [0.5, 0.6) is 0 Å². The van der Waals surface area contributed by atoms with Gasteiger partial charge in [-0.15, -0.1) is 11.6 Å². The van der Waals surface area contributed by atoms with Crippen LogP contribution in [-0.4, -0.2) is 40.1 Å². The molecule has 0 aromatic carbocycles. The summed E-state index contributed by atoms with van der Waals surface area (Å²) in [6.45, 7) is 3.83. The minimum atomic E-state index is -0.0285. The van der Waals surface area contributed by atoms with Gasteiger partial charge in [0.2, 0.25) is 0 Å². The number of unbranched alkanes of at least 4 members (excludes halogenated alkanes) is 1. The number of halogens is 1. The normalized spacial score (nSPS) is 15.6.